The molecule has 5 rings (SSSR count). The van der Waals surface area contributed by atoms with Crippen LogP contribution in [0.2, 0.25) is 0 Å². The highest BCUT2D eigenvalue weighted by atomic mass is 16.5. The summed E-state index contributed by atoms with van der Waals surface area (Å²) >= 11 is 0. The summed E-state index contributed by atoms with van der Waals surface area (Å²) in [6, 6.07) is 22.5. The molecule has 168 valence electrons. The Morgan fingerprint density at radius 1 is 0.879 bits per heavy atom. The molecule has 0 bridgehead atoms. The van der Waals surface area contributed by atoms with Gasteiger partial charge in [-0.15, -0.1) is 0 Å². The summed E-state index contributed by atoms with van der Waals surface area (Å²) in [5.74, 6) is 3.10. The second kappa shape index (κ2) is 8.71. The van der Waals surface area contributed by atoms with E-state index < -0.39 is 0 Å². The Morgan fingerprint density at radius 2 is 1.52 bits per heavy atom. The van der Waals surface area contributed by atoms with Crippen molar-refractivity contribution in [2.24, 2.45) is 5.73 Å². The lowest BCUT2D eigenvalue weighted by Gasteiger charge is -2.33. The number of benzene rings is 2. The van der Waals surface area contributed by atoms with Crippen LogP contribution in [0, 0.1) is 0 Å². The van der Waals surface area contributed by atoms with E-state index in [0.717, 1.165) is 30.2 Å². The normalized spacial score (nSPS) is 17.9. The summed E-state index contributed by atoms with van der Waals surface area (Å²) in [5, 5.41) is 4.19. The minimum Gasteiger partial charge on any atom is -0.490 e. The number of nitrogens with zero attached hydrogens (tertiary/aromatic N) is 3. The molecule has 6 heteroatoms. The molecule has 4 aromatic rings. The molecule has 2 aromatic carbocycles. The summed E-state index contributed by atoms with van der Waals surface area (Å²) in [6.07, 6.45) is 7.41. The van der Waals surface area contributed by atoms with Crippen molar-refractivity contribution in [1.29, 1.82) is 0 Å². The minimum atomic E-state index is -0.150. The molecule has 0 saturated heterocycles. The van der Waals surface area contributed by atoms with E-state index >= 15 is 0 Å². The molecule has 1 aliphatic rings. The molecule has 0 atom stereocenters. The van der Waals surface area contributed by atoms with Gasteiger partial charge in [0.2, 0.25) is 0 Å². The highest BCUT2D eigenvalue weighted by Gasteiger charge is 2.28. The van der Waals surface area contributed by atoms with Crippen molar-refractivity contribution >= 4 is 0 Å². The number of aromatic nitrogens is 3. The molecule has 1 aliphatic carbocycles. The fraction of sp³-hybridized carbons (Fsp3) is 0.259. The molecule has 6 nitrogen and oxygen atoms in total. The van der Waals surface area contributed by atoms with Gasteiger partial charge in [-0.2, -0.15) is 5.10 Å². The van der Waals surface area contributed by atoms with Crippen LogP contribution < -0.4 is 15.2 Å². The first-order chi connectivity index (χ1) is 16.0. The van der Waals surface area contributed by atoms with Gasteiger partial charge >= 0.3 is 0 Å². The molecular weight excluding hydrogens is 412 g/mol. The van der Waals surface area contributed by atoms with Gasteiger partial charge in [-0.3, -0.25) is 0 Å². The summed E-state index contributed by atoms with van der Waals surface area (Å²) in [6.45, 7) is 4.45. The molecule has 0 aliphatic heterocycles. The summed E-state index contributed by atoms with van der Waals surface area (Å²) in [4.78, 5) is 4.41. The number of rotatable bonds is 7. The van der Waals surface area contributed by atoms with Crippen LogP contribution in [0.25, 0.3) is 5.82 Å². The molecule has 0 spiro atoms. The Morgan fingerprint density at radius 3 is 2.06 bits per heavy atom. The van der Waals surface area contributed by atoms with Crippen LogP contribution in [0.15, 0.2) is 85.3 Å². The van der Waals surface area contributed by atoms with Crippen molar-refractivity contribution in [2.75, 3.05) is 0 Å². The highest BCUT2D eigenvalue weighted by Crippen LogP contribution is 2.34. The predicted octanol–water partition coefficient (Wildman–Crippen LogP) is 5.25. The third-order valence-corrected chi connectivity index (χ3v) is 6.28. The molecule has 0 amide bonds. The van der Waals surface area contributed by atoms with Crippen molar-refractivity contribution in [3.63, 3.8) is 0 Å². The third-order valence-electron chi connectivity index (χ3n) is 6.28. The maximum Gasteiger partial charge on any atom is 0.153 e. The van der Waals surface area contributed by atoms with E-state index in [2.05, 4.69) is 60.3 Å². The average Bonchev–Trinajstić information content (AvgIpc) is 3.34. The van der Waals surface area contributed by atoms with Crippen LogP contribution in [0.1, 0.15) is 37.8 Å². The number of nitrogens with two attached hydrogens (primary N) is 1. The van der Waals surface area contributed by atoms with Crippen LogP contribution in [0.5, 0.6) is 17.2 Å². The molecule has 33 heavy (non-hydrogen) atoms. The molecule has 2 aromatic heterocycles. The standard InChI is InChI=1S/C27H28N4O2/c1-27(2,20-6-10-23(11-7-20)33-25-16-21(28)17-25)19-4-8-22(9-5-19)32-24-12-13-26(29-18-24)31-15-3-14-30-31/h3-15,18,21,25H,16-17,28H2,1-2H3/t21-,25+. The zero-order chi connectivity index (χ0) is 22.8. The van der Waals surface area contributed by atoms with Gasteiger partial charge in [0.15, 0.2) is 5.82 Å². The summed E-state index contributed by atoms with van der Waals surface area (Å²) in [7, 11) is 0. The van der Waals surface area contributed by atoms with Crippen molar-refractivity contribution in [2.45, 2.75) is 44.2 Å². The number of hydrogen-bond donors (Lipinski definition) is 1. The Bertz CT molecular complexity index is 1180. The third kappa shape index (κ3) is 4.61. The number of pyridine rings is 1. The second-order valence-electron chi connectivity index (χ2n) is 9.05. The molecule has 0 radical (unpaired) electrons. The highest BCUT2D eigenvalue weighted by molar-refractivity contribution is 5.43. The van der Waals surface area contributed by atoms with Crippen LogP contribution in [0.3, 0.4) is 0 Å². The van der Waals surface area contributed by atoms with Gasteiger partial charge < -0.3 is 15.2 Å². The first-order valence-corrected chi connectivity index (χ1v) is 11.2. The van der Waals surface area contributed by atoms with E-state index in [1.165, 1.54) is 11.1 Å². The van der Waals surface area contributed by atoms with Gasteiger partial charge in [-0.25, -0.2) is 9.67 Å². The second-order valence-corrected chi connectivity index (χ2v) is 9.05. The Kier molecular flexibility index (Phi) is 5.60. The van der Waals surface area contributed by atoms with Gasteiger partial charge in [-0.05, 0) is 66.4 Å². The fourth-order valence-electron chi connectivity index (χ4n) is 4.06. The Labute approximate surface area is 194 Å². The van der Waals surface area contributed by atoms with Crippen molar-refractivity contribution in [3.05, 3.63) is 96.4 Å². The van der Waals surface area contributed by atoms with Crippen LogP contribution >= 0.6 is 0 Å². The molecule has 2 N–H and O–H groups in total. The molecule has 1 fully saturated rings. The van der Waals surface area contributed by atoms with E-state index in [1.807, 2.05) is 36.5 Å². The number of hydrogen-bond acceptors (Lipinski definition) is 5. The number of ether oxygens (including phenoxy) is 2. The quantitative estimate of drug-likeness (QED) is 0.425. The Balaban J connectivity index is 1.24. The zero-order valence-corrected chi connectivity index (χ0v) is 18.9. The van der Waals surface area contributed by atoms with Gasteiger partial charge in [0.1, 0.15) is 23.4 Å². The maximum absolute atomic E-state index is 5.99. The van der Waals surface area contributed by atoms with Crippen LogP contribution in [0.4, 0.5) is 0 Å². The summed E-state index contributed by atoms with van der Waals surface area (Å²) < 4.78 is 13.7. The average molecular weight is 441 g/mol. The lowest BCUT2D eigenvalue weighted by molar-refractivity contribution is 0.101. The summed E-state index contributed by atoms with van der Waals surface area (Å²) in [5.41, 5.74) is 8.14. The largest absolute Gasteiger partial charge is 0.490 e. The van der Waals surface area contributed by atoms with E-state index in [0.29, 0.717) is 5.75 Å². The molecule has 2 heterocycles. The van der Waals surface area contributed by atoms with Gasteiger partial charge in [-0.1, -0.05) is 38.1 Å². The van der Waals surface area contributed by atoms with Crippen LogP contribution in [-0.4, -0.2) is 26.9 Å². The van der Waals surface area contributed by atoms with Crippen molar-refractivity contribution < 1.29 is 9.47 Å². The lowest BCUT2D eigenvalue weighted by atomic mass is 9.78. The smallest absolute Gasteiger partial charge is 0.153 e. The van der Waals surface area contributed by atoms with E-state index in [-0.39, 0.29) is 17.6 Å². The Hall–Kier alpha value is -3.64. The van der Waals surface area contributed by atoms with E-state index in [4.69, 9.17) is 15.2 Å². The topological polar surface area (TPSA) is 75.2 Å². The van der Waals surface area contributed by atoms with Crippen LogP contribution in [-0.2, 0) is 5.41 Å². The first-order valence-electron chi connectivity index (χ1n) is 11.2. The monoisotopic (exact) mass is 440 g/mol. The van der Waals surface area contributed by atoms with Crippen molar-refractivity contribution in [1.82, 2.24) is 14.8 Å². The minimum absolute atomic E-state index is 0.150. The molecule has 0 unspecified atom stereocenters. The lowest BCUT2D eigenvalue weighted by Crippen LogP contribution is -2.43. The SMILES string of the molecule is CC(C)(c1ccc(Oc2ccc(-n3cccn3)nc2)cc1)c1ccc(O[C@H]2C[C@@H](N)C2)cc1. The maximum atomic E-state index is 5.99. The molecular formula is C27H28N4O2. The van der Waals surface area contributed by atoms with Gasteiger partial charge in [0.25, 0.3) is 0 Å². The fourth-order valence-corrected chi connectivity index (χ4v) is 4.06. The van der Waals surface area contributed by atoms with E-state index in [1.54, 1.807) is 17.1 Å². The molecule has 1 saturated carbocycles. The van der Waals surface area contributed by atoms with Gasteiger partial charge in [0, 0.05) is 23.9 Å². The van der Waals surface area contributed by atoms with Gasteiger partial charge in [0.05, 0.1) is 6.20 Å². The zero-order valence-electron chi connectivity index (χ0n) is 18.9. The predicted molar refractivity (Wildman–Crippen MR) is 128 cm³/mol. The first kappa shape index (κ1) is 21.2. The van der Waals surface area contributed by atoms with E-state index in [9.17, 15) is 0 Å². The van der Waals surface area contributed by atoms with Crippen molar-refractivity contribution in [3.8, 4) is 23.1 Å².